The monoisotopic (exact) mass is 246 g/mol. The van der Waals surface area contributed by atoms with Crippen LogP contribution in [-0.4, -0.2) is 14.7 Å². The summed E-state index contributed by atoms with van der Waals surface area (Å²) in [5.41, 5.74) is 1.62. The molecule has 3 nitrogen and oxygen atoms in total. The second-order valence-corrected chi connectivity index (χ2v) is 4.13. The molecule has 0 fully saturated rings. The molecular formula is C14H15FN2O. The topological polar surface area (TPSA) is 38.1 Å². The average Bonchev–Trinajstić information content (AvgIpc) is 2.87. The summed E-state index contributed by atoms with van der Waals surface area (Å²) in [5.74, 6) is -0.261. The molecule has 1 aromatic heterocycles. The molecule has 2 aromatic rings. The van der Waals surface area contributed by atoms with Crippen molar-refractivity contribution in [2.75, 3.05) is 0 Å². The van der Waals surface area contributed by atoms with Crippen LogP contribution in [0.4, 0.5) is 4.39 Å². The first kappa shape index (κ1) is 12.5. The average molecular weight is 246 g/mol. The molecule has 1 aromatic carbocycles. The first-order chi connectivity index (χ1) is 8.63. The van der Waals surface area contributed by atoms with Crippen molar-refractivity contribution in [3.8, 4) is 0 Å². The van der Waals surface area contributed by atoms with Gasteiger partial charge in [0, 0.05) is 0 Å². The third kappa shape index (κ3) is 2.33. The van der Waals surface area contributed by atoms with E-state index in [9.17, 15) is 9.50 Å². The molecule has 94 valence electrons. The number of imidazole rings is 1. The van der Waals surface area contributed by atoms with Gasteiger partial charge in [-0.2, -0.15) is 0 Å². The molecule has 2 rings (SSSR count). The number of aliphatic hydroxyl groups is 1. The first-order valence-corrected chi connectivity index (χ1v) is 5.71. The highest BCUT2D eigenvalue weighted by atomic mass is 19.1. The number of hydrogen-bond acceptors (Lipinski definition) is 2. The van der Waals surface area contributed by atoms with Crippen LogP contribution in [0.25, 0.3) is 0 Å². The lowest BCUT2D eigenvalue weighted by molar-refractivity contribution is 0.217. The van der Waals surface area contributed by atoms with Gasteiger partial charge in [0.15, 0.2) is 0 Å². The summed E-state index contributed by atoms with van der Waals surface area (Å²) in [6.45, 7) is 5.53. The van der Waals surface area contributed by atoms with Crippen molar-refractivity contribution in [3.63, 3.8) is 0 Å². The maximum absolute atomic E-state index is 12.9. The smallest absolute Gasteiger partial charge is 0.123 e. The van der Waals surface area contributed by atoms with Crippen molar-refractivity contribution in [1.29, 1.82) is 0 Å². The van der Waals surface area contributed by atoms with Gasteiger partial charge in [-0.15, -0.1) is 6.58 Å². The summed E-state index contributed by atoms with van der Waals surface area (Å²) in [6, 6.07) is 6.27. The van der Waals surface area contributed by atoms with Crippen LogP contribution in [0.5, 0.6) is 0 Å². The molecule has 0 aliphatic carbocycles. The van der Waals surface area contributed by atoms with Gasteiger partial charge in [-0.25, -0.2) is 9.37 Å². The fourth-order valence-corrected chi connectivity index (χ4v) is 1.89. The van der Waals surface area contributed by atoms with E-state index in [2.05, 4.69) is 11.6 Å². The molecule has 4 heteroatoms. The third-order valence-electron chi connectivity index (χ3n) is 2.99. The van der Waals surface area contributed by atoms with Gasteiger partial charge in [0.1, 0.15) is 11.9 Å². The van der Waals surface area contributed by atoms with E-state index in [1.165, 1.54) is 18.2 Å². The highest BCUT2D eigenvalue weighted by Crippen LogP contribution is 2.23. The van der Waals surface area contributed by atoms with Crippen LogP contribution in [0.1, 0.15) is 30.3 Å². The summed E-state index contributed by atoms with van der Waals surface area (Å²) >= 11 is 0. The minimum atomic E-state index is -0.754. The second kappa shape index (κ2) is 5.14. The third-order valence-corrected chi connectivity index (χ3v) is 2.99. The fourth-order valence-electron chi connectivity index (χ4n) is 1.89. The van der Waals surface area contributed by atoms with Gasteiger partial charge in [-0.3, -0.25) is 0 Å². The molecule has 0 amide bonds. The van der Waals surface area contributed by atoms with Gasteiger partial charge in [0.25, 0.3) is 0 Å². The van der Waals surface area contributed by atoms with Crippen molar-refractivity contribution < 1.29 is 9.50 Å². The summed E-state index contributed by atoms with van der Waals surface area (Å²) in [5, 5.41) is 9.80. The van der Waals surface area contributed by atoms with E-state index in [-0.39, 0.29) is 11.9 Å². The maximum Gasteiger partial charge on any atom is 0.123 e. The SMILES string of the molecule is C=CC(O)c1cncn1C(C)c1ccc(F)cc1. The van der Waals surface area contributed by atoms with Crippen molar-refractivity contribution in [2.45, 2.75) is 19.1 Å². The van der Waals surface area contributed by atoms with Crippen LogP contribution in [0, 0.1) is 5.82 Å². The number of nitrogens with zero attached hydrogens (tertiary/aromatic N) is 2. The van der Waals surface area contributed by atoms with E-state index in [4.69, 9.17) is 0 Å². The van der Waals surface area contributed by atoms with E-state index in [0.29, 0.717) is 5.69 Å². The molecule has 1 N–H and O–H groups in total. The van der Waals surface area contributed by atoms with Crippen LogP contribution in [0.2, 0.25) is 0 Å². The normalized spacial score (nSPS) is 14.2. The largest absolute Gasteiger partial charge is 0.383 e. The Hall–Kier alpha value is -1.94. The number of rotatable bonds is 4. The van der Waals surface area contributed by atoms with Gasteiger partial charge in [-0.1, -0.05) is 18.2 Å². The lowest BCUT2D eigenvalue weighted by Crippen LogP contribution is -2.11. The van der Waals surface area contributed by atoms with Gasteiger partial charge in [0.05, 0.1) is 24.3 Å². The van der Waals surface area contributed by atoms with Crippen LogP contribution in [0.3, 0.4) is 0 Å². The molecule has 0 spiro atoms. The molecule has 0 radical (unpaired) electrons. The molecule has 0 bridgehead atoms. The Bertz CT molecular complexity index is 533. The Morgan fingerprint density at radius 2 is 2.06 bits per heavy atom. The van der Waals surface area contributed by atoms with Gasteiger partial charge < -0.3 is 9.67 Å². The predicted molar refractivity (Wildman–Crippen MR) is 67.6 cm³/mol. The number of halogens is 1. The van der Waals surface area contributed by atoms with E-state index >= 15 is 0 Å². The fraction of sp³-hybridized carbons (Fsp3) is 0.214. The summed E-state index contributed by atoms with van der Waals surface area (Å²) in [6.07, 6.45) is 3.95. The number of hydrogen-bond donors (Lipinski definition) is 1. The van der Waals surface area contributed by atoms with Crippen molar-refractivity contribution >= 4 is 0 Å². The van der Waals surface area contributed by atoms with Crippen LogP contribution in [-0.2, 0) is 0 Å². The molecule has 2 unspecified atom stereocenters. The van der Waals surface area contributed by atoms with Crippen LogP contribution < -0.4 is 0 Å². The summed E-state index contributed by atoms with van der Waals surface area (Å²) in [7, 11) is 0. The van der Waals surface area contributed by atoms with Crippen LogP contribution >= 0.6 is 0 Å². The molecule has 2 atom stereocenters. The van der Waals surface area contributed by atoms with Gasteiger partial charge in [0.2, 0.25) is 0 Å². The van der Waals surface area contributed by atoms with Crippen molar-refractivity contribution in [1.82, 2.24) is 9.55 Å². The standard InChI is InChI=1S/C14H15FN2O/c1-3-14(18)13-8-16-9-17(13)10(2)11-4-6-12(15)7-5-11/h3-10,14,18H,1H2,2H3. The van der Waals surface area contributed by atoms with Gasteiger partial charge >= 0.3 is 0 Å². The van der Waals surface area contributed by atoms with Crippen LogP contribution in [0.15, 0.2) is 49.4 Å². The predicted octanol–water partition coefficient (Wildman–Crippen LogP) is 2.85. The molecule has 0 aliphatic heterocycles. The molecule has 1 heterocycles. The minimum Gasteiger partial charge on any atom is -0.383 e. The second-order valence-electron chi connectivity index (χ2n) is 4.13. The van der Waals surface area contributed by atoms with Gasteiger partial charge in [-0.05, 0) is 24.6 Å². The molecule has 0 saturated carbocycles. The molecular weight excluding hydrogens is 231 g/mol. The molecule has 0 saturated heterocycles. The van der Waals surface area contributed by atoms with E-state index in [1.54, 1.807) is 24.7 Å². The zero-order valence-corrected chi connectivity index (χ0v) is 10.1. The van der Waals surface area contributed by atoms with Crippen molar-refractivity contribution in [3.05, 3.63) is 66.5 Å². The lowest BCUT2D eigenvalue weighted by Gasteiger charge is -2.18. The Balaban J connectivity index is 2.34. The summed E-state index contributed by atoms with van der Waals surface area (Å²) in [4.78, 5) is 4.04. The van der Waals surface area contributed by atoms with E-state index in [0.717, 1.165) is 5.56 Å². The molecule has 0 aliphatic rings. The van der Waals surface area contributed by atoms with E-state index in [1.807, 2.05) is 11.5 Å². The Morgan fingerprint density at radius 3 is 2.67 bits per heavy atom. The summed E-state index contributed by atoms with van der Waals surface area (Å²) < 4.78 is 14.7. The minimum absolute atomic E-state index is 0.0299. The maximum atomic E-state index is 12.9. The number of aliphatic hydroxyl groups excluding tert-OH is 1. The quantitative estimate of drug-likeness (QED) is 0.842. The zero-order chi connectivity index (χ0) is 13.1. The number of aromatic nitrogens is 2. The zero-order valence-electron chi connectivity index (χ0n) is 10.1. The Labute approximate surface area is 105 Å². The first-order valence-electron chi connectivity index (χ1n) is 5.71. The Morgan fingerprint density at radius 1 is 1.39 bits per heavy atom. The molecule has 18 heavy (non-hydrogen) atoms. The number of benzene rings is 1. The van der Waals surface area contributed by atoms with E-state index < -0.39 is 6.10 Å². The lowest BCUT2D eigenvalue weighted by atomic mass is 10.1. The highest BCUT2D eigenvalue weighted by molar-refractivity contribution is 5.22. The highest BCUT2D eigenvalue weighted by Gasteiger charge is 2.15. The van der Waals surface area contributed by atoms with Crippen molar-refractivity contribution in [2.24, 2.45) is 0 Å². The Kier molecular flexibility index (Phi) is 3.58.